The molecule has 118 valence electrons. The summed E-state index contributed by atoms with van der Waals surface area (Å²) in [5.41, 5.74) is 3.54. The second kappa shape index (κ2) is 6.95. The minimum Gasteiger partial charge on any atom is -0.370 e. The summed E-state index contributed by atoms with van der Waals surface area (Å²) < 4.78 is 0. The highest BCUT2D eigenvalue weighted by molar-refractivity contribution is 5.68. The van der Waals surface area contributed by atoms with E-state index in [1.54, 1.807) is 0 Å². The Kier molecular flexibility index (Phi) is 4.76. The van der Waals surface area contributed by atoms with E-state index in [1.165, 1.54) is 48.9 Å². The average molecular weight is 298 g/mol. The molecular weight excluding hydrogens is 272 g/mol. The summed E-state index contributed by atoms with van der Waals surface area (Å²) in [5.74, 6) is 2.21. The molecule has 2 aromatic rings. The molecule has 0 radical (unpaired) electrons. The lowest BCUT2D eigenvalue weighted by molar-refractivity contribution is 0.373. The first-order valence-electron chi connectivity index (χ1n) is 8.47. The van der Waals surface area contributed by atoms with Crippen LogP contribution in [0.5, 0.6) is 0 Å². The molecule has 1 saturated carbocycles. The van der Waals surface area contributed by atoms with Gasteiger partial charge in [0.25, 0.3) is 0 Å². The van der Waals surface area contributed by atoms with E-state index in [-0.39, 0.29) is 0 Å². The molecule has 2 aromatic heterocycles. The molecule has 1 fully saturated rings. The molecule has 0 unspecified atom stereocenters. The molecule has 0 bridgehead atoms. The Bertz CT molecular complexity index is 597. The Morgan fingerprint density at radius 1 is 1.27 bits per heavy atom. The summed E-state index contributed by atoms with van der Waals surface area (Å²) in [4.78, 5) is 4.47. The first-order valence-corrected chi connectivity index (χ1v) is 8.47. The summed E-state index contributed by atoms with van der Waals surface area (Å²) in [5, 5.41) is 10.8. The lowest BCUT2D eigenvalue weighted by Crippen LogP contribution is -2.17. The third-order valence-corrected chi connectivity index (χ3v) is 4.61. The monoisotopic (exact) mass is 298 g/mol. The summed E-state index contributed by atoms with van der Waals surface area (Å²) >= 11 is 0. The predicted octanol–water partition coefficient (Wildman–Crippen LogP) is 4.59. The highest BCUT2D eigenvalue weighted by Gasteiger charge is 2.14. The van der Waals surface area contributed by atoms with Crippen molar-refractivity contribution in [1.82, 2.24) is 15.2 Å². The van der Waals surface area contributed by atoms with Crippen molar-refractivity contribution >= 4 is 5.82 Å². The van der Waals surface area contributed by atoms with Gasteiger partial charge < -0.3 is 5.32 Å². The molecule has 0 saturated heterocycles. The van der Waals surface area contributed by atoms with Gasteiger partial charge in [-0.2, -0.15) is 5.10 Å². The van der Waals surface area contributed by atoms with Gasteiger partial charge in [-0.05, 0) is 42.4 Å². The Balaban J connectivity index is 1.70. The van der Waals surface area contributed by atoms with E-state index in [2.05, 4.69) is 46.5 Å². The lowest BCUT2D eigenvalue weighted by atomic mass is 9.89. The quantitative estimate of drug-likeness (QED) is 0.849. The van der Waals surface area contributed by atoms with Crippen LogP contribution in [0.4, 0.5) is 5.82 Å². The SMILES string of the molecule is CC(C)c1[nH]ncc1-c1ccnc(NCC2CCCCC2)c1. The van der Waals surface area contributed by atoms with Crippen molar-refractivity contribution in [2.75, 3.05) is 11.9 Å². The van der Waals surface area contributed by atoms with E-state index in [0.29, 0.717) is 5.92 Å². The molecule has 4 nitrogen and oxygen atoms in total. The van der Waals surface area contributed by atoms with Crippen LogP contribution in [-0.4, -0.2) is 21.7 Å². The van der Waals surface area contributed by atoms with Gasteiger partial charge in [-0.1, -0.05) is 33.1 Å². The van der Waals surface area contributed by atoms with Crippen LogP contribution in [0.25, 0.3) is 11.1 Å². The Labute approximate surface area is 132 Å². The van der Waals surface area contributed by atoms with Crippen LogP contribution < -0.4 is 5.32 Å². The zero-order valence-corrected chi connectivity index (χ0v) is 13.6. The van der Waals surface area contributed by atoms with E-state index in [9.17, 15) is 0 Å². The Morgan fingerprint density at radius 3 is 2.86 bits per heavy atom. The highest BCUT2D eigenvalue weighted by atomic mass is 15.1. The second-order valence-electron chi connectivity index (χ2n) is 6.67. The molecule has 1 aliphatic rings. The molecule has 4 heteroatoms. The van der Waals surface area contributed by atoms with Crippen LogP contribution in [0.15, 0.2) is 24.5 Å². The lowest BCUT2D eigenvalue weighted by Gasteiger charge is -2.22. The standard InChI is InChI=1S/C18H26N4/c1-13(2)18-16(12-21-22-18)15-8-9-19-17(10-15)20-11-14-6-4-3-5-7-14/h8-10,12-14H,3-7,11H2,1-2H3,(H,19,20)(H,21,22). The Hall–Kier alpha value is -1.84. The molecule has 0 amide bonds. The topological polar surface area (TPSA) is 53.6 Å². The normalized spacial score (nSPS) is 16.1. The largest absolute Gasteiger partial charge is 0.370 e. The molecule has 3 rings (SSSR count). The molecular formula is C18H26N4. The number of rotatable bonds is 5. The van der Waals surface area contributed by atoms with E-state index in [1.807, 2.05) is 12.4 Å². The van der Waals surface area contributed by atoms with Crippen molar-refractivity contribution in [2.45, 2.75) is 51.9 Å². The van der Waals surface area contributed by atoms with Gasteiger partial charge in [0.15, 0.2) is 0 Å². The molecule has 2 heterocycles. The predicted molar refractivity (Wildman–Crippen MR) is 91.0 cm³/mol. The number of hydrogen-bond acceptors (Lipinski definition) is 3. The number of nitrogens with one attached hydrogen (secondary N) is 2. The minimum atomic E-state index is 0.435. The zero-order valence-electron chi connectivity index (χ0n) is 13.6. The summed E-state index contributed by atoms with van der Waals surface area (Å²) in [7, 11) is 0. The number of hydrogen-bond donors (Lipinski definition) is 2. The van der Waals surface area contributed by atoms with Gasteiger partial charge in [0.1, 0.15) is 5.82 Å². The minimum absolute atomic E-state index is 0.435. The maximum Gasteiger partial charge on any atom is 0.126 e. The second-order valence-corrected chi connectivity index (χ2v) is 6.67. The van der Waals surface area contributed by atoms with Gasteiger partial charge in [-0.25, -0.2) is 4.98 Å². The van der Waals surface area contributed by atoms with E-state index >= 15 is 0 Å². The maximum absolute atomic E-state index is 4.47. The fourth-order valence-electron chi connectivity index (χ4n) is 3.30. The molecule has 0 atom stereocenters. The van der Waals surface area contributed by atoms with Crippen LogP contribution >= 0.6 is 0 Å². The maximum atomic E-state index is 4.47. The van der Waals surface area contributed by atoms with Crippen molar-refractivity contribution in [1.29, 1.82) is 0 Å². The summed E-state index contributed by atoms with van der Waals surface area (Å²) in [6.45, 7) is 5.40. The van der Waals surface area contributed by atoms with Gasteiger partial charge in [-0.15, -0.1) is 0 Å². The number of aromatic nitrogens is 3. The van der Waals surface area contributed by atoms with Crippen molar-refractivity contribution in [3.63, 3.8) is 0 Å². The van der Waals surface area contributed by atoms with Gasteiger partial charge >= 0.3 is 0 Å². The van der Waals surface area contributed by atoms with E-state index < -0.39 is 0 Å². The van der Waals surface area contributed by atoms with E-state index in [4.69, 9.17) is 0 Å². The highest BCUT2D eigenvalue weighted by Crippen LogP contribution is 2.28. The number of anilines is 1. The van der Waals surface area contributed by atoms with Crippen LogP contribution in [-0.2, 0) is 0 Å². The van der Waals surface area contributed by atoms with Crippen molar-refractivity contribution in [3.8, 4) is 11.1 Å². The molecule has 2 N–H and O–H groups in total. The number of pyridine rings is 1. The van der Waals surface area contributed by atoms with Crippen LogP contribution in [0.1, 0.15) is 57.6 Å². The molecule has 0 spiro atoms. The fourth-order valence-corrected chi connectivity index (χ4v) is 3.30. The first-order chi connectivity index (χ1) is 10.7. The molecule has 1 aliphatic carbocycles. The van der Waals surface area contributed by atoms with Crippen molar-refractivity contribution < 1.29 is 0 Å². The molecule has 0 aromatic carbocycles. The van der Waals surface area contributed by atoms with Crippen LogP contribution in [0.2, 0.25) is 0 Å². The number of nitrogens with zero attached hydrogens (tertiary/aromatic N) is 2. The van der Waals surface area contributed by atoms with Crippen molar-refractivity contribution in [3.05, 3.63) is 30.2 Å². The average Bonchev–Trinajstić information content (AvgIpc) is 3.04. The third kappa shape index (κ3) is 3.49. The summed E-state index contributed by atoms with van der Waals surface area (Å²) in [6, 6.07) is 4.20. The van der Waals surface area contributed by atoms with Crippen molar-refractivity contribution in [2.24, 2.45) is 5.92 Å². The first kappa shape index (κ1) is 15.1. The van der Waals surface area contributed by atoms with E-state index in [0.717, 1.165) is 18.3 Å². The van der Waals surface area contributed by atoms with Gasteiger partial charge in [-0.3, -0.25) is 5.10 Å². The smallest absolute Gasteiger partial charge is 0.126 e. The zero-order chi connectivity index (χ0) is 15.4. The number of aromatic amines is 1. The van der Waals surface area contributed by atoms with Crippen LogP contribution in [0.3, 0.4) is 0 Å². The molecule has 22 heavy (non-hydrogen) atoms. The molecule has 0 aliphatic heterocycles. The summed E-state index contributed by atoms with van der Waals surface area (Å²) in [6.07, 6.45) is 10.7. The Morgan fingerprint density at radius 2 is 2.09 bits per heavy atom. The van der Waals surface area contributed by atoms with Gasteiger partial charge in [0.05, 0.1) is 6.20 Å². The van der Waals surface area contributed by atoms with Gasteiger partial charge in [0.2, 0.25) is 0 Å². The third-order valence-electron chi connectivity index (χ3n) is 4.61. The van der Waals surface area contributed by atoms with Crippen LogP contribution in [0, 0.1) is 5.92 Å². The van der Waals surface area contributed by atoms with Gasteiger partial charge in [0, 0.05) is 24.0 Å². The fraction of sp³-hybridized carbons (Fsp3) is 0.556. The number of H-pyrrole nitrogens is 1.